The van der Waals surface area contributed by atoms with E-state index in [1.165, 1.54) is 10.5 Å². The van der Waals surface area contributed by atoms with E-state index in [4.69, 9.17) is 9.47 Å². The first kappa shape index (κ1) is 22.6. The Morgan fingerprint density at radius 3 is 2.23 bits per heavy atom. The summed E-state index contributed by atoms with van der Waals surface area (Å²) in [6.07, 6.45) is 0.0199. The molecular weight excluding hydrogens is 392 g/mol. The quantitative estimate of drug-likeness (QED) is 0.605. The second kappa shape index (κ2) is 9.79. The minimum absolute atomic E-state index is 0.0199. The predicted octanol–water partition coefficient (Wildman–Crippen LogP) is 4.44. The van der Waals surface area contributed by atoms with Gasteiger partial charge in [-0.25, -0.2) is 0 Å². The van der Waals surface area contributed by atoms with Crippen LogP contribution in [0.2, 0.25) is 0 Å². The zero-order chi connectivity index (χ0) is 22.5. The summed E-state index contributed by atoms with van der Waals surface area (Å²) in [4.78, 5) is 27.8. The fourth-order valence-corrected chi connectivity index (χ4v) is 3.47. The van der Waals surface area contributed by atoms with E-state index >= 15 is 0 Å². The van der Waals surface area contributed by atoms with E-state index in [0.29, 0.717) is 22.8 Å². The molecule has 0 unspecified atom stereocenters. The van der Waals surface area contributed by atoms with Gasteiger partial charge in [0.25, 0.3) is 11.8 Å². The van der Waals surface area contributed by atoms with Gasteiger partial charge in [-0.05, 0) is 43.5 Å². The van der Waals surface area contributed by atoms with Gasteiger partial charge in [-0.1, -0.05) is 44.2 Å². The molecule has 31 heavy (non-hydrogen) atoms. The van der Waals surface area contributed by atoms with Gasteiger partial charge >= 0.3 is 0 Å². The Labute approximate surface area is 183 Å². The summed E-state index contributed by atoms with van der Waals surface area (Å²) in [5.74, 6) is 0.214. The van der Waals surface area contributed by atoms with Crippen LogP contribution in [0.3, 0.4) is 0 Å². The summed E-state index contributed by atoms with van der Waals surface area (Å²) in [6, 6.07) is 15.1. The van der Waals surface area contributed by atoms with E-state index in [9.17, 15) is 9.59 Å². The number of methoxy groups -OCH3 is 1. The van der Waals surface area contributed by atoms with E-state index in [2.05, 4.69) is 19.2 Å². The number of hydrogen-bond acceptors (Lipinski definition) is 5. The van der Waals surface area contributed by atoms with Gasteiger partial charge in [-0.3, -0.25) is 14.5 Å². The summed E-state index contributed by atoms with van der Waals surface area (Å²) < 4.78 is 11.0. The standard InChI is InChI=1S/C25H30N2O4/c1-16(2)18-10-12-19(13-11-18)26-23-22(20-8-6-7-9-21(20)30-5)24(28)27(25(23)29)14-15-31-17(3)4/h6-13,16-17,26H,14-15H2,1-5H3. The van der Waals surface area contributed by atoms with Crippen molar-refractivity contribution in [2.45, 2.75) is 39.7 Å². The Kier molecular flexibility index (Phi) is 7.13. The van der Waals surface area contributed by atoms with E-state index in [0.717, 1.165) is 5.69 Å². The van der Waals surface area contributed by atoms with Crippen LogP contribution in [0.15, 0.2) is 54.2 Å². The van der Waals surface area contributed by atoms with Crippen molar-refractivity contribution in [3.63, 3.8) is 0 Å². The van der Waals surface area contributed by atoms with Gasteiger partial charge in [0.1, 0.15) is 11.4 Å². The number of benzene rings is 2. The van der Waals surface area contributed by atoms with Crippen molar-refractivity contribution >= 4 is 23.1 Å². The third-order valence-electron chi connectivity index (χ3n) is 5.16. The van der Waals surface area contributed by atoms with Crippen LogP contribution in [0.1, 0.15) is 44.7 Å². The second-order valence-corrected chi connectivity index (χ2v) is 8.03. The van der Waals surface area contributed by atoms with Crippen molar-refractivity contribution in [3.05, 3.63) is 65.4 Å². The topological polar surface area (TPSA) is 67.9 Å². The average Bonchev–Trinajstić information content (AvgIpc) is 2.98. The molecule has 1 N–H and O–H groups in total. The molecule has 6 heteroatoms. The lowest BCUT2D eigenvalue weighted by Gasteiger charge is -2.16. The molecule has 0 bridgehead atoms. The fraction of sp³-hybridized carbons (Fsp3) is 0.360. The molecule has 3 rings (SSSR count). The zero-order valence-electron chi connectivity index (χ0n) is 18.8. The van der Waals surface area contributed by atoms with E-state index in [1.807, 2.05) is 50.2 Å². The first-order chi connectivity index (χ1) is 14.8. The lowest BCUT2D eigenvalue weighted by atomic mass is 10.0. The highest BCUT2D eigenvalue weighted by Gasteiger charge is 2.40. The third kappa shape index (κ3) is 4.97. The molecule has 6 nitrogen and oxygen atoms in total. The molecule has 0 spiro atoms. The van der Waals surface area contributed by atoms with Gasteiger partial charge in [0.2, 0.25) is 0 Å². The number of para-hydroxylation sites is 1. The molecule has 0 saturated carbocycles. The van der Waals surface area contributed by atoms with E-state index in [1.54, 1.807) is 19.2 Å². The van der Waals surface area contributed by atoms with Crippen LogP contribution in [-0.4, -0.2) is 43.1 Å². The summed E-state index contributed by atoms with van der Waals surface area (Å²) in [5.41, 5.74) is 3.08. The molecule has 164 valence electrons. The first-order valence-corrected chi connectivity index (χ1v) is 10.6. The Bertz CT molecular complexity index is 977. The number of carbonyl (C=O) groups excluding carboxylic acids is 2. The van der Waals surface area contributed by atoms with Crippen molar-refractivity contribution in [1.29, 1.82) is 0 Å². The van der Waals surface area contributed by atoms with Crippen LogP contribution in [0.5, 0.6) is 5.75 Å². The maximum atomic E-state index is 13.3. The first-order valence-electron chi connectivity index (χ1n) is 10.6. The Morgan fingerprint density at radius 2 is 1.61 bits per heavy atom. The molecule has 0 atom stereocenters. The van der Waals surface area contributed by atoms with Gasteiger partial charge in [-0.2, -0.15) is 0 Å². The number of amides is 2. The van der Waals surface area contributed by atoms with E-state index in [-0.39, 0.29) is 36.8 Å². The summed E-state index contributed by atoms with van der Waals surface area (Å²) >= 11 is 0. The van der Waals surface area contributed by atoms with Crippen molar-refractivity contribution < 1.29 is 19.1 Å². The Hall–Kier alpha value is -3.12. The molecule has 0 aromatic heterocycles. The lowest BCUT2D eigenvalue weighted by Crippen LogP contribution is -2.35. The van der Waals surface area contributed by atoms with Crippen LogP contribution in [0.4, 0.5) is 5.69 Å². The molecule has 2 amide bonds. The molecule has 0 aliphatic carbocycles. The SMILES string of the molecule is COc1ccccc1C1=C(Nc2ccc(C(C)C)cc2)C(=O)N(CCOC(C)C)C1=O. The van der Waals surface area contributed by atoms with Gasteiger partial charge in [0, 0.05) is 11.3 Å². The van der Waals surface area contributed by atoms with Crippen LogP contribution >= 0.6 is 0 Å². The highest BCUT2D eigenvalue weighted by Crippen LogP contribution is 2.35. The smallest absolute Gasteiger partial charge is 0.278 e. The number of anilines is 1. The average molecular weight is 423 g/mol. The molecule has 0 radical (unpaired) electrons. The number of nitrogens with zero attached hydrogens (tertiary/aromatic N) is 1. The molecule has 1 aliphatic rings. The molecular formula is C25H30N2O4. The Morgan fingerprint density at radius 1 is 0.935 bits per heavy atom. The largest absolute Gasteiger partial charge is 0.496 e. The van der Waals surface area contributed by atoms with Gasteiger partial charge < -0.3 is 14.8 Å². The van der Waals surface area contributed by atoms with Crippen molar-refractivity contribution in [3.8, 4) is 5.75 Å². The minimum Gasteiger partial charge on any atom is -0.496 e. The molecule has 0 fully saturated rings. The minimum atomic E-state index is -0.369. The van der Waals surface area contributed by atoms with Crippen molar-refractivity contribution in [1.82, 2.24) is 4.90 Å². The second-order valence-electron chi connectivity index (χ2n) is 8.03. The number of rotatable bonds is 9. The third-order valence-corrected chi connectivity index (χ3v) is 5.16. The van der Waals surface area contributed by atoms with Crippen LogP contribution in [0, 0.1) is 0 Å². The molecule has 0 saturated heterocycles. The number of ether oxygens (including phenoxy) is 2. The molecule has 1 heterocycles. The normalized spacial score (nSPS) is 14.2. The van der Waals surface area contributed by atoms with Gasteiger partial charge in [0.05, 0.1) is 31.9 Å². The number of nitrogens with one attached hydrogen (secondary N) is 1. The Balaban J connectivity index is 1.98. The monoisotopic (exact) mass is 422 g/mol. The van der Waals surface area contributed by atoms with Gasteiger partial charge in [0.15, 0.2) is 0 Å². The number of carbonyl (C=O) groups is 2. The fourth-order valence-electron chi connectivity index (χ4n) is 3.47. The van der Waals surface area contributed by atoms with Crippen molar-refractivity contribution in [2.75, 3.05) is 25.6 Å². The lowest BCUT2D eigenvalue weighted by molar-refractivity contribution is -0.137. The van der Waals surface area contributed by atoms with Crippen LogP contribution in [-0.2, 0) is 14.3 Å². The van der Waals surface area contributed by atoms with Crippen molar-refractivity contribution in [2.24, 2.45) is 0 Å². The predicted molar refractivity (Wildman–Crippen MR) is 122 cm³/mol. The highest BCUT2D eigenvalue weighted by molar-refractivity contribution is 6.37. The summed E-state index contributed by atoms with van der Waals surface area (Å²) in [5, 5.41) is 3.19. The molecule has 1 aliphatic heterocycles. The summed E-state index contributed by atoms with van der Waals surface area (Å²) in [6.45, 7) is 8.55. The van der Waals surface area contributed by atoms with Gasteiger partial charge in [-0.15, -0.1) is 0 Å². The molecule has 2 aromatic rings. The zero-order valence-corrected chi connectivity index (χ0v) is 18.8. The number of imide groups is 1. The van der Waals surface area contributed by atoms with Crippen LogP contribution in [0.25, 0.3) is 5.57 Å². The highest BCUT2D eigenvalue weighted by atomic mass is 16.5. The molecule has 2 aromatic carbocycles. The maximum absolute atomic E-state index is 13.3. The van der Waals surface area contributed by atoms with E-state index < -0.39 is 0 Å². The maximum Gasteiger partial charge on any atom is 0.278 e. The van der Waals surface area contributed by atoms with Crippen LogP contribution < -0.4 is 10.1 Å². The summed E-state index contributed by atoms with van der Waals surface area (Å²) in [7, 11) is 1.55. The number of hydrogen-bond donors (Lipinski definition) is 1.